The van der Waals surface area contributed by atoms with Crippen LogP contribution in [0.1, 0.15) is 450 Å². The number of amides is 1. The Hall–Kier alpha value is -1.92. The number of carbonyl (C=O) groups is 2. The van der Waals surface area contributed by atoms with Crippen LogP contribution in [-0.2, 0) is 14.3 Å². The van der Waals surface area contributed by atoms with Crippen molar-refractivity contribution in [2.45, 2.75) is 463 Å². The second-order valence-corrected chi connectivity index (χ2v) is 27.7. The first-order valence-corrected chi connectivity index (χ1v) is 40.2. The largest absolute Gasteiger partial charge is 0.466 e. The summed E-state index contributed by atoms with van der Waals surface area (Å²) in [4.78, 5) is 24.7. The van der Waals surface area contributed by atoms with Gasteiger partial charge in [-0.1, -0.05) is 391 Å². The lowest BCUT2D eigenvalue weighted by atomic mass is 10.0. The van der Waals surface area contributed by atoms with E-state index in [1.54, 1.807) is 0 Å². The Labute approximate surface area is 551 Å². The molecule has 0 heterocycles. The van der Waals surface area contributed by atoms with Gasteiger partial charge in [-0.2, -0.15) is 0 Å². The predicted octanol–water partition coefficient (Wildman–Crippen LogP) is 26.6. The van der Waals surface area contributed by atoms with E-state index < -0.39 is 12.1 Å². The molecule has 2 unspecified atom stereocenters. The maximum atomic E-state index is 12.5. The van der Waals surface area contributed by atoms with Gasteiger partial charge in [-0.15, -0.1) is 0 Å². The van der Waals surface area contributed by atoms with Crippen molar-refractivity contribution in [3.8, 4) is 0 Å². The monoisotopic (exact) mass is 1240 g/mol. The first-order chi connectivity index (χ1) is 43.5. The lowest BCUT2D eigenvalue weighted by Crippen LogP contribution is -2.45. The molecule has 0 rings (SSSR count). The molecule has 2 atom stereocenters. The topological polar surface area (TPSA) is 95.9 Å². The fourth-order valence-electron chi connectivity index (χ4n) is 12.8. The molecule has 0 spiro atoms. The minimum absolute atomic E-state index is 0.0184. The Morgan fingerprint density at radius 3 is 0.898 bits per heavy atom. The number of nitrogens with one attached hydrogen (secondary N) is 1. The van der Waals surface area contributed by atoms with Crippen LogP contribution in [0.25, 0.3) is 0 Å². The third-order valence-electron chi connectivity index (χ3n) is 18.9. The van der Waals surface area contributed by atoms with Gasteiger partial charge in [0.25, 0.3) is 0 Å². The molecule has 0 aliphatic rings. The van der Waals surface area contributed by atoms with Gasteiger partial charge >= 0.3 is 5.97 Å². The normalized spacial score (nSPS) is 12.6. The number of aliphatic hydroxyl groups is 2. The summed E-state index contributed by atoms with van der Waals surface area (Å²) in [6, 6.07) is -0.538. The van der Waals surface area contributed by atoms with Crippen LogP contribution in [0, 0.1) is 0 Å². The van der Waals surface area contributed by atoms with Crippen molar-refractivity contribution in [1.82, 2.24) is 5.32 Å². The van der Waals surface area contributed by atoms with E-state index in [4.69, 9.17) is 4.74 Å². The highest BCUT2D eigenvalue weighted by Crippen LogP contribution is 2.20. The standard InChI is InChI=1S/C82H157NO5/c1-3-5-7-9-11-13-15-17-19-20-40-44-48-52-56-60-64-68-72-76-82(87)88-77-73-69-65-61-57-53-49-45-42-39-37-35-33-31-29-27-25-23-21-22-24-26-28-30-32-34-36-38-41-43-47-51-55-59-63-67-71-75-81(86)83-79(78-84)80(85)74-70-66-62-58-54-50-46-18-16-14-12-10-8-6-4-2/h11,13,17,19,21,23,79-80,84-85H,3-10,12,14-16,18,20,22,24-78H2,1-2H3,(H,83,86)/b13-11-,19-17-,23-21-. The second kappa shape index (κ2) is 77.5. The van der Waals surface area contributed by atoms with Crippen LogP contribution in [0.2, 0.25) is 0 Å². The lowest BCUT2D eigenvalue weighted by Gasteiger charge is -2.22. The van der Waals surface area contributed by atoms with Crippen LogP contribution < -0.4 is 5.32 Å². The van der Waals surface area contributed by atoms with Crippen LogP contribution in [0.5, 0.6) is 0 Å². The number of esters is 1. The fourth-order valence-corrected chi connectivity index (χ4v) is 12.8. The van der Waals surface area contributed by atoms with Crippen molar-refractivity contribution in [2.75, 3.05) is 13.2 Å². The van der Waals surface area contributed by atoms with Gasteiger partial charge in [-0.3, -0.25) is 9.59 Å². The van der Waals surface area contributed by atoms with Gasteiger partial charge in [0, 0.05) is 12.8 Å². The zero-order valence-corrected chi connectivity index (χ0v) is 59.7. The molecule has 0 aliphatic carbocycles. The molecule has 6 nitrogen and oxygen atoms in total. The Bertz CT molecular complexity index is 1430. The highest BCUT2D eigenvalue weighted by Gasteiger charge is 2.20. The van der Waals surface area contributed by atoms with Crippen molar-refractivity contribution in [1.29, 1.82) is 0 Å². The average molecular weight is 1240 g/mol. The van der Waals surface area contributed by atoms with E-state index in [0.717, 1.165) is 44.9 Å². The third-order valence-corrected chi connectivity index (χ3v) is 18.9. The van der Waals surface area contributed by atoms with Gasteiger partial charge in [0.05, 0.1) is 25.4 Å². The molecule has 520 valence electrons. The summed E-state index contributed by atoms with van der Waals surface area (Å²) in [6.07, 6.45) is 101. The van der Waals surface area contributed by atoms with E-state index in [1.165, 1.54) is 372 Å². The summed E-state index contributed by atoms with van der Waals surface area (Å²) in [5.41, 5.74) is 0. The zero-order valence-electron chi connectivity index (χ0n) is 59.7. The number of carbonyl (C=O) groups excluding carboxylic acids is 2. The van der Waals surface area contributed by atoms with Gasteiger partial charge < -0.3 is 20.3 Å². The number of ether oxygens (including phenoxy) is 1. The molecule has 0 aromatic heterocycles. The van der Waals surface area contributed by atoms with E-state index >= 15 is 0 Å². The van der Waals surface area contributed by atoms with Gasteiger partial charge in [-0.05, 0) is 83.5 Å². The molecule has 0 saturated carbocycles. The molecule has 0 radical (unpaired) electrons. The molecule has 1 amide bonds. The van der Waals surface area contributed by atoms with Crippen molar-refractivity contribution >= 4 is 11.9 Å². The number of unbranched alkanes of at least 4 members (excludes halogenated alkanes) is 59. The molecular formula is C82H157NO5. The van der Waals surface area contributed by atoms with Crippen molar-refractivity contribution in [2.24, 2.45) is 0 Å². The summed E-state index contributed by atoms with van der Waals surface area (Å²) in [7, 11) is 0. The number of aliphatic hydroxyl groups excluding tert-OH is 2. The van der Waals surface area contributed by atoms with Gasteiger partial charge in [0.15, 0.2) is 0 Å². The number of rotatable bonds is 76. The number of hydrogen-bond donors (Lipinski definition) is 3. The Morgan fingerprint density at radius 1 is 0.318 bits per heavy atom. The second-order valence-electron chi connectivity index (χ2n) is 27.7. The molecule has 6 heteroatoms. The first-order valence-electron chi connectivity index (χ1n) is 40.2. The van der Waals surface area contributed by atoms with E-state index in [0.29, 0.717) is 25.9 Å². The highest BCUT2D eigenvalue weighted by molar-refractivity contribution is 5.76. The molecule has 0 saturated heterocycles. The summed E-state index contributed by atoms with van der Waals surface area (Å²) >= 11 is 0. The highest BCUT2D eigenvalue weighted by atomic mass is 16.5. The number of hydrogen-bond acceptors (Lipinski definition) is 5. The minimum atomic E-state index is -0.661. The molecule has 0 fully saturated rings. The van der Waals surface area contributed by atoms with Gasteiger partial charge in [0.2, 0.25) is 5.91 Å². The molecule has 0 aromatic carbocycles. The Balaban J connectivity index is 3.31. The van der Waals surface area contributed by atoms with Crippen LogP contribution >= 0.6 is 0 Å². The van der Waals surface area contributed by atoms with Crippen molar-refractivity contribution < 1.29 is 24.5 Å². The molecule has 0 aliphatic heterocycles. The summed E-state index contributed by atoms with van der Waals surface area (Å²) in [5, 5.41) is 23.4. The van der Waals surface area contributed by atoms with E-state index in [1.807, 2.05) is 0 Å². The smallest absolute Gasteiger partial charge is 0.305 e. The molecular weight excluding hydrogens is 1080 g/mol. The Morgan fingerprint density at radius 2 is 0.568 bits per heavy atom. The molecule has 0 aromatic rings. The molecule has 3 N–H and O–H groups in total. The quantitative estimate of drug-likeness (QED) is 0.0320. The van der Waals surface area contributed by atoms with E-state index in [9.17, 15) is 19.8 Å². The fraction of sp³-hybridized carbons (Fsp3) is 0.902. The maximum absolute atomic E-state index is 12.5. The van der Waals surface area contributed by atoms with Crippen molar-refractivity contribution in [3.05, 3.63) is 36.5 Å². The molecule has 88 heavy (non-hydrogen) atoms. The lowest BCUT2D eigenvalue weighted by molar-refractivity contribution is -0.143. The van der Waals surface area contributed by atoms with Crippen LogP contribution in [0.15, 0.2) is 36.5 Å². The maximum Gasteiger partial charge on any atom is 0.305 e. The Kier molecular flexibility index (Phi) is 75.8. The number of allylic oxidation sites excluding steroid dienone is 6. The first kappa shape index (κ1) is 86.1. The summed E-state index contributed by atoms with van der Waals surface area (Å²) in [6.45, 7) is 4.97. The van der Waals surface area contributed by atoms with Crippen LogP contribution in [0.4, 0.5) is 0 Å². The minimum Gasteiger partial charge on any atom is -0.466 e. The SMILES string of the molecule is CCCCC/C=C\C/C=C\CCCCCCCCCCCC(=O)OCCCCCCCCCCCCCCCCCC/C=C\CCCCCCCCCCCCCCCCCCCC(=O)NC(CO)C(O)CCCCCCCCCCCCCCCCC. The summed E-state index contributed by atoms with van der Waals surface area (Å²) in [5.74, 6) is -0.00926. The van der Waals surface area contributed by atoms with E-state index in [2.05, 4.69) is 55.6 Å². The van der Waals surface area contributed by atoms with Crippen LogP contribution in [0.3, 0.4) is 0 Å². The third kappa shape index (κ3) is 73.1. The van der Waals surface area contributed by atoms with E-state index in [-0.39, 0.29) is 18.5 Å². The zero-order chi connectivity index (χ0) is 63.5. The molecule has 0 bridgehead atoms. The van der Waals surface area contributed by atoms with Crippen LogP contribution in [-0.4, -0.2) is 47.4 Å². The van der Waals surface area contributed by atoms with Crippen molar-refractivity contribution in [3.63, 3.8) is 0 Å². The van der Waals surface area contributed by atoms with Gasteiger partial charge in [-0.25, -0.2) is 0 Å². The van der Waals surface area contributed by atoms with Gasteiger partial charge in [0.1, 0.15) is 0 Å². The predicted molar refractivity (Wildman–Crippen MR) is 389 cm³/mol. The average Bonchev–Trinajstić information content (AvgIpc) is 3.59. The summed E-state index contributed by atoms with van der Waals surface area (Å²) < 4.78 is 5.52.